The normalized spacial score (nSPS) is 20.3. The van der Waals surface area contributed by atoms with Crippen molar-refractivity contribution in [3.8, 4) is 0 Å². The number of anilines is 1. The Morgan fingerprint density at radius 1 is 1.44 bits per heavy atom. The van der Waals surface area contributed by atoms with Gasteiger partial charge in [0.2, 0.25) is 10.0 Å². The predicted octanol–water partition coefficient (Wildman–Crippen LogP) is 0.556. The maximum absolute atomic E-state index is 12.1. The molecule has 1 unspecified atom stereocenters. The van der Waals surface area contributed by atoms with E-state index in [-0.39, 0.29) is 11.0 Å². The molecule has 0 radical (unpaired) electrons. The minimum atomic E-state index is -3.47. The Labute approximate surface area is 107 Å². The van der Waals surface area contributed by atoms with Crippen molar-refractivity contribution in [2.24, 2.45) is 0 Å². The van der Waals surface area contributed by atoms with Crippen LogP contribution in [0.2, 0.25) is 0 Å². The fourth-order valence-corrected chi connectivity index (χ4v) is 3.44. The third kappa shape index (κ3) is 2.66. The lowest BCUT2D eigenvalue weighted by Crippen LogP contribution is -2.28. The highest BCUT2D eigenvalue weighted by Crippen LogP contribution is 2.27. The zero-order valence-corrected chi connectivity index (χ0v) is 11.2. The summed E-state index contributed by atoms with van der Waals surface area (Å²) >= 11 is 0. The lowest BCUT2D eigenvalue weighted by Gasteiger charge is -2.21. The number of sulfonamides is 1. The molecular formula is C12H18N2O3S. The number of hydrogen-bond acceptors (Lipinski definition) is 4. The van der Waals surface area contributed by atoms with Crippen LogP contribution in [0.4, 0.5) is 5.69 Å². The molecule has 1 aromatic carbocycles. The van der Waals surface area contributed by atoms with Crippen LogP contribution in [-0.4, -0.2) is 39.3 Å². The first kappa shape index (κ1) is 13.3. The summed E-state index contributed by atoms with van der Waals surface area (Å²) in [5, 5.41) is 9.55. The van der Waals surface area contributed by atoms with Gasteiger partial charge in [-0.3, -0.25) is 0 Å². The Balaban J connectivity index is 2.37. The number of benzene rings is 1. The van der Waals surface area contributed by atoms with Crippen LogP contribution in [0.25, 0.3) is 0 Å². The fourth-order valence-electron chi connectivity index (χ4n) is 2.17. The highest BCUT2D eigenvalue weighted by atomic mass is 32.2. The summed E-state index contributed by atoms with van der Waals surface area (Å²) in [6.45, 7) is 3.28. The quantitative estimate of drug-likeness (QED) is 0.838. The molecule has 0 aromatic heterocycles. The second kappa shape index (κ2) is 5.26. The molecule has 0 bridgehead atoms. The van der Waals surface area contributed by atoms with Gasteiger partial charge in [0, 0.05) is 19.6 Å². The van der Waals surface area contributed by atoms with Gasteiger partial charge < -0.3 is 10.0 Å². The Morgan fingerprint density at radius 3 is 2.78 bits per heavy atom. The Hall–Kier alpha value is -1.11. The summed E-state index contributed by atoms with van der Waals surface area (Å²) in [5.74, 6) is 0. The molecule has 1 aromatic rings. The lowest BCUT2D eigenvalue weighted by atomic mass is 10.3. The van der Waals surface area contributed by atoms with E-state index < -0.39 is 10.0 Å². The summed E-state index contributed by atoms with van der Waals surface area (Å²) in [7, 11) is -3.47. The Morgan fingerprint density at radius 2 is 2.17 bits per heavy atom. The van der Waals surface area contributed by atoms with E-state index in [9.17, 15) is 13.5 Å². The molecule has 6 heteroatoms. The number of aliphatic hydroxyl groups excluding tert-OH is 1. The van der Waals surface area contributed by atoms with E-state index in [1.54, 1.807) is 25.1 Å². The molecule has 2 rings (SSSR count). The molecule has 1 fully saturated rings. The van der Waals surface area contributed by atoms with Crippen molar-refractivity contribution in [3.63, 3.8) is 0 Å². The van der Waals surface area contributed by atoms with Gasteiger partial charge in [-0.1, -0.05) is 19.1 Å². The fraction of sp³-hybridized carbons (Fsp3) is 0.500. The minimum absolute atomic E-state index is 0.279. The molecule has 1 heterocycles. The van der Waals surface area contributed by atoms with Crippen LogP contribution in [0, 0.1) is 0 Å². The molecular weight excluding hydrogens is 252 g/mol. The zero-order valence-electron chi connectivity index (χ0n) is 10.3. The number of nitrogens with zero attached hydrogens (tertiary/aromatic N) is 1. The van der Waals surface area contributed by atoms with Crippen LogP contribution in [0.1, 0.15) is 13.3 Å². The number of β-amino-alcohol motifs (C(OH)–C–C–N with tert-alkyl or cyclic N) is 1. The van der Waals surface area contributed by atoms with E-state index >= 15 is 0 Å². The van der Waals surface area contributed by atoms with Crippen LogP contribution in [0.3, 0.4) is 0 Å². The standard InChI is InChI=1S/C12H18N2O3S/c1-2-13-18(16,17)12-6-4-3-5-11(12)14-8-7-10(15)9-14/h3-6,10,13,15H,2,7-9H2,1H3. The first-order chi connectivity index (χ1) is 8.54. The third-order valence-electron chi connectivity index (χ3n) is 2.99. The van der Waals surface area contributed by atoms with Gasteiger partial charge in [0.15, 0.2) is 0 Å². The van der Waals surface area contributed by atoms with Crippen molar-refractivity contribution in [1.29, 1.82) is 0 Å². The summed E-state index contributed by atoms with van der Waals surface area (Å²) in [4.78, 5) is 2.19. The van der Waals surface area contributed by atoms with E-state index in [0.717, 1.165) is 0 Å². The monoisotopic (exact) mass is 270 g/mol. The van der Waals surface area contributed by atoms with Crippen molar-refractivity contribution in [2.45, 2.75) is 24.3 Å². The topological polar surface area (TPSA) is 69.6 Å². The predicted molar refractivity (Wildman–Crippen MR) is 70.1 cm³/mol. The van der Waals surface area contributed by atoms with Gasteiger partial charge in [0.25, 0.3) is 0 Å². The first-order valence-corrected chi connectivity index (χ1v) is 7.54. The van der Waals surface area contributed by atoms with E-state index in [4.69, 9.17) is 0 Å². The molecule has 2 N–H and O–H groups in total. The van der Waals surface area contributed by atoms with Crippen molar-refractivity contribution < 1.29 is 13.5 Å². The molecule has 1 atom stereocenters. The summed E-state index contributed by atoms with van der Waals surface area (Å²) < 4.78 is 26.7. The molecule has 5 nitrogen and oxygen atoms in total. The van der Waals surface area contributed by atoms with Gasteiger partial charge in [-0.25, -0.2) is 13.1 Å². The van der Waals surface area contributed by atoms with Crippen LogP contribution >= 0.6 is 0 Å². The molecule has 0 amide bonds. The van der Waals surface area contributed by atoms with E-state index in [1.165, 1.54) is 0 Å². The van der Waals surface area contributed by atoms with Crippen molar-refractivity contribution >= 4 is 15.7 Å². The number of aliphatic hydroxyl groups is 1. The first-order valence-electron chi connectivity index (χ1n) is 6.06. The van der Waals surface area contributed by atoms with Gasteiger partial charge in [0.1, 0.15) is 4.90 Å². The van der Waals surface area contributed by atoms with E-state index in [1.807, 2.05) is 11.0 Å². The van der Waals surface area contributed by atoms with Crippen molar-refractivity contribution in [2.75, 3.05) is 24.5 Å². The van der Waals surface area contributed by atoms with Crippen molar-refractivity contribution in [3.05, 3.63) is 24.3 Å². The molecule has 1 aliphatic rings. The average molecular weight is 270 g/mol. The van der Waals surface area contributed by atoms with Crippen molar-refractivity contribution in [1.82, 2.24) is 4.72 Å². The Kier molecular flexibility index (Phi) is 3.89. The van der Waals surface area contributed by atoms with Crippen LogP contribution in [-0.2, 0) is 10.0 Å². The molecule has 100 valence electrons. The Bertz CT molecular complexity index is 516. The zero-order chi connectivity index (χ0) is 13.2. The van der Waals surface area contributed by atoms with Gasteiger partial charge in [-0.15, -0.1) is 0 Å². The summed E-state index contributed by atoms with van der Waals surface area (Å²) in [6.07, 6.45) is 0.301. The largest absolute Gasteiger partial charge is 0.391 e. The SMILES string of the molecule is CCNS(=O)(=O)c1ccccc1N1CCC(O)C1. The van der Waals surface area contributed by atoms with Gasteiger partial charge in [0.05, 0.1) is 11.8 Å². The van der Waals surface area contributed by atoms with Gasteiger partial charge in [-0.05, 0) is 18.6 Å². The second-order valence-corrected chi connectivity index (χ2v) is 6.09. The second-order valence-electron chi connectivity index (χ2n) is 4.36. The maximum atomic E-state index is 12.1. The molecule has 18 heavy (non-hydrogen) atoms. The smallest absolute Gasteiger partial charge is 0.242 e. The average Bonchev–Trinajstić information content (AvgIpc) is 2.76. The van der Waals surface area contributed by atoms with Gasteiger partial charge >= 0.3 is 0 Å². The molecule has 1 saturated heterocycles. The molecule has 0 spiro atoms. The summed E-state index contributed by atoms with van der Waals surface area (Å²) in [6, 6.07) is 6.89. The highest BCUT2D eigenvalue weighted by Gasteiger charge is 2.26. The molecule has 0 saturated carbocycles. The molecule has 1 aliphatic heterocycles. The van der Waals surface area contributed by atoms with Crippen LogP contribution in [0.5, 0.6) is 0 Å². The maximum Gasteiger partial charge on any atom is 0.242 e. The summed E-state index contributed by atoms with van der Waals surface area (Å²) in [5.41, 5.74) is 0.662. The number of hydrogen-bond donors (Lipinski definition) is 2. The van der Waals surface area contributed by atoms with Crippen LogP contribution < -0.4 is 9.62 Å². The highest BCUT2D eigenvalue weighted by molar-refractivity contribution is 7.89. The van der Waals surface area contributed by atoms with Crippen LogP contribution in [0.15, 0.2) is 29.2 Å². The lowest BCUT2D eigenvalue weighted by molar-refractivity contribution is 0.198. The third-order valence-corrected chi connectivity index (χ3v) is 4.59. The van der Waals surface area contributed by atoms with E-state index in [0.29, 0.717) is 31.7 Å². The number of nitrogens with one attached hydrogen (secondary N) is 1. The van der Waals surface area contributed by atoms with E-state index in [2.05, 4.69) is 4.72 Å². The minimum Gasteiger partial charge on any atom is -0.391 e. The number of rotatable bonds is 4. The van der Waals surface area contributed by atoms with Gasteiger partial charge in [-0.2, -0.15) is 0 Å². The molecule has 0 aliphatic carbocycles. The number of para-hydroxylation sites is 1.